The summed E-state index contributed by atoms with van der Waals surface area (Å²) in [7, 11) is 0. The van der Waals surface area contributed by atoms with Crippen molar-refractivity contribution in [1.29, 1.82) is 5.41 Å². The van der Waals surface area contributed by atoms with Crippen molar-refractivity contribution in [3.63, 3.8) is 0 Å². The fraction of sp³-hybridized carbons (Fsp3) is 0.333. The van der Waals surface area contributed by atoms with Crippen molar-refractivity contribution >= 4 is 17.4 Å². The fourth-order valence-electron chi connectivity index (χ4n) is 1.99. The first-order valence-electron chi connectivity index (χ1n) is 6.82. The van der Waals surface area contributed by atoms with Crippen molar-refractivity contribution in [3.8, 4) is 0 Å². The molecule has 0 radical (unpaired) electrons. The van der Waals surface area contributed by atoms with Gasteiger partial charge in [-0.15, -0.1) is 0 Å². The first-order valence-corrected chi connectivity index (χ1v) is 6.82. The van der Waals surface area contributed by atoms with Gasteiger partial charge in [0, 0.05) is 5.92 Å². The summed E-state index contributed by atoms with van der Waals surface area (Å²) >= 11 is 0. The zero-order chi connectivity index (χ0) is 17.3. The standard InChI is InChI=1S/C15H13F4NO3/c1-2-23-15(22)9(13(20)6-3-4-6)14(21)7-5-8(16)11(18)12(19)10(7)17/h5-6,20-21H,2-4H2,1H3. The Bertz CT molecular complexity index is 711. The summed E-state index contributed by atoms with van der Waals surface area (Å²) in [6.45, 7) is 1.40. The molecular formula is C15H13F4NO3. The molecule has 0 spiro atoms. The predicted molar refractivity (Wildman–Crippen MR) is 72.9 cm³/mol. The Labute approximate surface area is 128 Å². The fourth-order valence-corrected chi connectivity index (χ4v) is 1.99. The Morgan fingerprint density at radius 1 is 1.26 bits per heavy atom. The number of halogens is 4. The number of benzene rings is 1. The van der Waals surface area contributed by atoms with Crippen LogP contribution in [0.4, 0.5) is 17.6 Å². The lowest BCUT2D eigenvalue weighted by Crippen LogP contribution is -2.19. The maximum atomic E-state index is 13.8. The summed E-state index contributed by atoms with van der Waals surface area (Å²) in [5, 5.41) is 18.0. The molecule has 1 saturated carbocycles. The van der Waals surface area contributed by atoms with E-state index in [1.165, 1.54) is 6.92 Å². The van der Waals surface area contributed by atoms with Crippen LogP contribution >= 0.6 is 0 Å². The maximum absolute atomic E-state index is 13.8. The number of aliphatic hydroxyl groups excluding tert-OH is 1. The highest BCUT2D eigenvalue weighted by Crippen LogP contribution is 2.35. The van der Waals surface area contributed by atoms with E-state index in [0.29, 0.717) is 12.8 Å². The molecule has 0 heterocycles. The summed E-state index contributed by atoms with van der Waals surface area (Å²) in [5.41, 5.74) is -2.04. The highest BCUT2D eigenvalue weighted by atomic mass is 19.2. The minimum atomic E-state index is -2.12. The third kappa shape index (κ3) is 3.20. The lowest BCUT2D eigenvalue weighted by atomic mass is 10.0. The zero-order valence-corrected chi connectivity index (χ0v) is 12.1. The molecule has 1 aromatic rings. The number of carbonyl (C=O) groups excluding carboxylic acids is 1. The van der Waals surface area contributed by atoms with Gasteiger partial charge in [0.15, 0.2) is 23.3 Å². The van der Waals surface area contributed by atoms with Crippen molar-refractivity contribution in [2.45, 2.75) is 19.8 Å². The van der Waals surface area contributed by atoms with Gasteiger partial charge in [-0.05, 0) is 25.8 Å². The first kappa shape index (κ1) is 17.0. The van der Waals surface area contributed by atoms with Crippen LogP contribution in [0.25, 0.3) is 5.76 Å². The first-order chi connectivity index (χ1) is 10.8. The topological polar surface area (TPSA) is 70.4 Å². The molecular weight excluding hydrogens is 318 g/mol. The van der Waals surface area contributed by atoms with Gasteiger partial charge in [0.1, 0.15) is 11.3 Å². The van der Waals surface area contributed by atoms with Crippen LogP contribution in [0.2, 0.25) is 0 Å². The number of esters is 1. The van der Waals surface area contributed by atoms with Crippen LogP contribution in [-0.4, -0.2) is 23.4 Å². The van der Waals surface area contributed by atoms with Crippen molar-refractivity contribution in [1.82, 2.24) is 0 Å². The van der Waals surface area contributed by atoms with Gasteiger partial charge in [0.2, 0.25) is 0 Å². The van der Waals surface area contributed by atoms with Gasteiger partial charge in [0.25, 0.3) is 0 Å². The molecule has 0 bridgehead atoms. The van der Waals surface area contributed by atoms with Gasteiger partial charge in [-0.1, -0.05) is 0 Å². The van der Waals surface area contributed by atoms with E-state index in [2.05, 4.69) is 4.74 Å². The lowest BCUT2D eigenvalue weighted by molar-refractivity contribution is -0.137. The Morgan fingerprint density at radius 2 is 1.87 bits per heavy atom. The molecule has 0 aliphatic heterocycles. The highest BCUT2D eigenvalue weighted by Gasteiger charge is 2.35. The highest BCUT2D eigenvalue weighted by molar-refractivity contribution is 6.24. The molecule has 1 aliphatic rings. The number of ether oxygens (including phenoxy) is 1. The lowest BCUT2D eigenvalue weighted by Gasteiger charge is -2.12. The second-order valence-electron chi connectivity index (χ2n) is 4.98. The van der Waals surface area contributed by atoms with Gasteiger partial charge in [-0.2, -0.15) is 0 Å². The quantitative estimate of drug-likeness (QED) is 0.165. The zero-order valence-electron chi connectivity index (χ0n) is 12.1. The van der Waals surface area contributed by atoms with Gasteiger partial charge < -0.3 is 15.3 Å². The Kier molecular flexibility index (Phi) is 4.72. The van der Waals surface area contributed by atoms with E-state index in [1.807, 2.05) is 0 Å². The van der Waals surface area contributed by atoms with E-state index in [0.717, 1.165) is 0 Å². The Balaban J connectivity index is 2.62. The largest absolute Gasteiger partial charge is 0.506 e. The van der Waals surface area contributed by atoms with Gasteiger partial charge in [0.05, 0.1) is 17.9 Å². The number of nitrogens with one attached hydrogen (secondary N) is 1. The third-order valence-corrected chi connectivity index (χ3v) is 3.33. The molecule has 2 N–H and O–H groups in total. The molecule has 0 aromatic heterocycles. The van der Waals surface area contributed by atoms with Gasteiger partial charge in [-0.25, -0.2) is 22.4 Å². The van der Waals surface area contributed by atoms with Crippen LogP contribution in [0.15, 0.2) is 11.6 Å². The minimum absolute atomic E-state index is 0.0812. The minimum Gasteiger partial charge on any atom is -0.506 e. The number of hydrogen-bond acceptors (Lipinski definition) is 4. The van der Waals surface area contributed by atoms with E-state index in [9.17, 15) is 27.5 Å². The van der Waals surface area contributed by atoms with Crippen LogP contribution in [0.1, 0.15) is 25.3 Å². The van der Waals surface area contributed by atoms with Crippen molar-refractivity contribution < 1.29 is 32.2 Å². The van der Waals surface area contributed by atoms with Crippen LogP contribution in [0.3, 0.4) is 0 Å². The van der Waals surface area contributed by atoms with E-state index >= 15 is 0 Å². The van der Waals surface area contributed by atoms with E-state index in [1.54, 1.807) is 0 Å². The Morgan fingerprint density at radius 3 is 2.39 bits per heavy atom. The summed E-state index contributed by atoms with van der Waals surface area (Å²) in [6, 6.07) is 0.225. The maximum Gasteiger partial charge on any atom is 0.343 e. The molecule has 8 heteroatoms. The number of rotatable bonds is 5. The second kappa shape index (κ2) is 6.39. The summed E-state index contributed by atoms with van der Waals surface area (Å²) in [4.78, 5) is 11.9. The van der Waals surface area contributed by atoms with Gasteiger partial charge in [-0.3, -0.25) is 0 Å². The average molecular weight is 331 g/mol. The van der Waals surface area contributed by atoms with Crippen molar-refractivity contribution in [3.05, 3.63) is 40.5 Å². The third-order valence-electron chi connectivity index (χ3n) is 3.33. The van der Waals surface area contributed by atoms with Crippen molar-refractivity contribution in [2.24, 2.45) is 5.92 Å². The second-order valence-corrected chi connectivity index (χ2v) is 4.98. The molecule has 0 saturated heterocycles. The molecule has 2 rings (SSSR count). The predicted octanol–water partition coefficient (Wildman–Crippen LogP) is 3.50. The SMILES string of the molecule is CCOC(=O)C(C(=N)C1CC1)=C(O)c1cc(F)c(F)c(F)c1F. The van der Waals surface area contributed by atoms with Gasteiger partial charge >= 0.3 is 5.97 Å². The Hall–Kier alpha value is -2.38. The number of carbonyl (C=O) groups is 1. The molecule has 4 nitrogen and oxygen atoms in total. The van der Waals surface area contributed by atoms with Crippen LogP contribution < -0.4 is 0 Å². The molecule has 0 atom stereocenters. The average Bonchev–Trinajstić information content (AvgIpc) is 3.33. The molecule has 0 amide bonds. The smallest absolute Gasteiger partial charge is 0.343 e. The summed E-state index contributed by atoms with van der Waals surface area (Å²) in [6.07, 6.45) is 1.17. The van der Waals surface area contributed by atoms with E-state index < -0.39 is 46.1 Å². The van der Waals surface area contributed by atoms with E-state index in [-0.39, 0.29) is 24.3 Å². The molecule has 1 aromatic carbocycles. The monoisotopic (exact) mass is 331 g/mol. The summed E-state index contributed by atoms with van der Waals surface area (Å²) < 4.78 is 58.0. The molecule has 23 heavy (non-hydrogen) atoms. The number of aliphatic hydroxyl groups is 1. The number of hydrogen-bond donors (Lipinski definition) is 2. The molecule has 0 unspecified atom stereocenters. The molecule has 1 aliphatic carbocycles. The normalized spacial score (nSPS) is 15.2. The molecule has 124 valence electrons. The van der Waals surface area contributed by atoms with Crippen LogP contribution in [-0.2, 0) is 9.53 Å². The van der Waals surface area contributed by atoms with Crippen molar-refractivity contribution in [2.75, 3.05) is 6.61 Å². The summed E-state index contributed by atoms with van der Waals surface area (Å²) in [5.74, 6) is -10.3. The molecule has 1 fully saturated rings. The van der Waals surface area contributed by atoms with Crippen LogP contribution in [0.5, 0.6) is 0 Å². The van der Waals surface area contributed by atoms with E-state index in [4.69, 9.17) is 5.41 Å². The van der Waals surface area contributed by atoms with Crippen LogP contribution in [0, 0.1) is 34.6 Å².